The summed E-state index contributed by atoms with van der Waals surface area (Å²) in [7, 11) is 2.04. The number of nitrogens with zero attached hydrogens (tertiary/aromatic N) is 1. The molecule has 0 aliphatic carbocycles. The van der Waals surface area contributed by atoms with Gasteiger partial charge in [0.2, 0.25) is 5.91 Å². The van der Waals surface area contributed by atoms with Crippen LogP contribution >= 0.6 is 0 Å². The first kappa shape index (κ1) is 13.9. The highest BCUT2D eigenvalue weighted by atomic mass is 16.5. The van der Waals surface area contributed by atoms with Crippen LogP contribution in [0.25, 0.3) is 0 Å². The van der Waals surface area contributed by atoms with E-state index in [0.717, 1.165) is 18.5 Å². The Morgan fingerprint density at radius 3 is 2.84 bits per heavy atom. The van der Waals surface area contributed by atoms with Gasteiger partial charge < -0.3 is 15.0 Å². The van der Waals surface area contributed by atoms with Gasteiger partial charge in [0.05, 0.1) is 0 Å². The number of carbonyl (C=O) groups excluding carboxylic acids is 1. The van der Waals surface area contributed by atoms with E-state index in [1.165, 1.54) is 0 Å². The molecular formula is C15H22N2O2. The van der Waals surface area contributed by atoms with E-state index in [9.17, 15) is 4.79 Å². The Balaban J connectivity index is 1.80. The Hall–Kier alpha value is -1.55. The summed E-state index contributed by atoms with van der Waals surface area (Å²) in [5.41, 5.74) is 1.15. The van der Waals surface area contributed by atoms with Crippen molar-refractivity contribution in [2.24, 2.45) is 0 Å². The molecule has 1 aromatic rings. The fourth-order valence-electron chi connectivity index (χ4n) is 2.20. The minimum Gasteiger partial charge on any atom is -0.370 e. The molecule has 0 saturated carbocycles. The second-order valence-corrected chi connectivity index (χ2v) is 5.04. The summed E-state index contributed by atoms with van der Waals surface area (Å²) in [4.78, 5) is 14.0. The van der Waals surface area contributed by atoms with E-state index in [-0.39, 0.29) is 18.1 Å². The van der Waals surface area contributed by atoms with Gasteiger partial charge in [-0.15, -0.1) is 0 Å². The summed E-state index contributed by atoms with van der Waals surface area (Å²) in [6, 6.07) is 10.4. The maximum Gasteiger partial charge on any atom is 0.249 e. The maximum atomic E-state index is 11.9. The quantitative estimate of drug-likeness (QED) is 0.880. The topological polar surface area (TPSA) is 41.6 Å². The standard InChI is InChI=1S/C15H22N2O2/c1-12(17(2)13-7-4-3-5-8-13)11-16-15(18)14-9-6-10-19-14/h3-5,7-8,12,14H,6,9-11H2,1-2H3,(H,16,18). The third-order valence-electron chi connectivity index (χ3n) is 3.62. The molecule has 1 heterocycles. The molecule has 1 fully saturated rings. The largest absolute Gasteiger partial charge is 0.370 e. The number of nitrogens with one attached hydrogen (secondary N) is 1. The van der Waals surface area contributed by atoms with Crippen LogP contribution in [-0.2, 0) is 9.53 Å². The lowest BCUT2D eigenvalue weighted by molar-refractivity contribution is -0.130. The van der Waals surface area contributed by atoms with Crippen LogP contribution in [0.4, 0.5) is 5.69 Å². The zero-order valence-corrected chi connectivity index (χ0v) is 11.6. The number of anilines is 1. The van der Waals surface area contributed by atoms with Gasteiger partial charge in [0.15, 0.2) is 0 Å². The first-order valence-electron chi connectivity index (χ1n) is 6.85. The Morgan fingerprint density at radius 2 is 2.21 bits per heavy atom. The van der Waals surface area contributed by atoms with Crippen molar-refractivity contribution in [1.82, 2.24) is 5.32 Å². The summed E-state index contributed by atoms with van der Waals surface area (Å²) < 4.78 is 5.37. The molecule has 1 saturated heterocycles. The second kappa shape index (κ2) is 6.57. The van der Waals surface area contributed by atoms with Crippen molar-refractivity contribution < 1.29 is 9.53 Å². The van der Waals surface area contributed by atoms with Crippen LogP contribution in [0.5, 0.6) is 0 Å². The molecule has 0 bridgehead atoms. The fraction of sp³-hybridized carbons (Fsp3) is 0.533. The van der Waals surface area contributed by atoms with Crippen LogP contribution < -0.4 is 10.2 Å². The van der Waals surface area contributed by atoms with E-state index in [1.807, 2.05) is 25.2 Å². The predicted octanol–water partition coefficient (Wildman–Crippen LogP) is 1.81. The lowest BCUT2D eigenvalue weighted by Gasteiger charge is -2.27. The Morgan fingerprint density at radius 1 is 1.47 bits per heavy atom. The number of para-hydroxylation sites is 1. The molecule has 1 amide bonds. The number of carbonyl (C=O) groups is 1. The van der Waals surface area contributed by atoms with Gasteiger partial charge in [0.25, 0.3) is 0 Å². The van der Waals surface area contributed by atoms with Crippen LogP contribution in [0.2, 0.25) is 0 Å². The van der Waals surface area contributed by atoms with E-state index in [0.29, 0.717) is 13.2 Å². The smallest absolute Gasteiger partial charge is 0.249 e. The monoisotopic (exact) mass is 262 g/mol. The molecule has 1 aromatic carbocycles. The molecule has 0 radical (unpaired) electrons. The van der Waals surface area contributed by atoms with Crippen LogP contribution in [0.15, 0.2) is 30.3 Å². The zero-order chi connectivity index (χ0) is 13.7. The lowest BCUT2D eigenvalue weighted by Crippen LogP contribution is -2.43. The molecule has 0 aromatic heterocycles. The number of likely N-dealkylation sites (N-methyl/N-ethyl adjacent to an activating group) is 1. The van der Waals surface area contributed by atoms with Crippen LogP contribution in [0.1, 0.15) is 19.8 Å². The highest BCUT2D eigenvalue weighted by Gasteiger charge is 2.23. The number of ether oxygens (including phenoxy) is 1. The van der Waals surface area contributed by atoms with Gasteiger partial charge in [-0.1, -0.05) is 18.2 Å². The highest BCUT2D eigenvalue weighted by molar-refractivity contribution is 5.81. The molecule has 4 heteroatoms. The molecule has 2 rings (SSSR count). The summed E-state index contributed by atoms with van der Waals surface area (Å²) in [5.74, 6) is 0.0193. The number of benzene rings is 1. The van der Waals surface area contributed by atoms with Crippen molar-refractivity contribution >= 4 is 11.6 Å². The molecule has 4 nitrogen and oxygen atoms in total. The fourth-order valence-corrected chi connectivity index (χ4v) is 2.20. The third kappa shape index (κ3) is 3.70. The van der Waals surface area contributed by atoms with Gasteiger partial charge in [0, 0.05) is 31.9 Å². The van der Waals surface area contributed by atoms with Crippen LogP contribution in [0.3, 0.4) is 0 Å². The van der Waals surface area contributed by atoms with E-state index in [2.05, 4.69) is 29.3 Å². The summed E-state index contributed by atoms with van der Waals surface area (Å²) in [6.07, 6.45) is 1.58. The highest BCUT2D eigenvalue weighted by Crippen LogP contribution is 2.14. The summed E-state index contributed by atoms with van der Waals surface area (Å²) in [6.45, 7) is 3.43. The number of amides is 1. The Kier molecular flexibility index (Phi) is 4.80. The first-order chi connectivity index (χ1) is 9.18. The average molecular weight is 262 g/mol. The van der Waals surface area contributed by atoms with E-state index < -0.39 is 0 Å². The van der Waals surface area contributed by atoms with E-state index >= 15 is 0 Å². The molecule has 19 heavy (non-hydrogen) atoms. The molecule has 0 spiro atoms. The summed E-state index contributed by atoms with van der Waals surface area (Å²) >= 11 is 0. The normalized spacial score (nSPS) is 20.0. The Bertz CT molecular complexity index is 402. The number of hydrogen-bond donors (Lipinski definition) is 1. The number of rotatable bonds is 5. The SMILES string of the molecule is CC(CNC(=O)C1CCCO1)N(C)c1ccccc1. The van der Waals surface area contributed by atoms with E-state index in [4.69, 9.17) is 4.74 Å². The zero-order valence-electron chi connectivity index (χ0n) is 11.6. The molecule has 2 atom stereocenters. The molecule has 1 aliphatic heterocycles. The second-order valence-electron chi connectivity index (χ2n) is 5.04. The van der Waals surface area contributed by atoms with Gasteiger partial charge in [0.1, 0.15) is 6.10 Å². The first-order valence-corrected chi connectivity index (χ1v) is 6.85. The van der Waals surface area contributed by atoms with Crippen molar-refractivity contribution in [1.29, 1.82) is 0 Å². The molecule has 1 aliphatic rings. The predicted molar refractivity (Wildman–Crippen MR) is 76.3 cm³/mol. The molecule has 2 unspecified atom stereocenters. The minimum absolute atomic E-state index is 0.0193. The van der Waals surface area contributed by atoms with Crippen molar-refractivity contribution in [3.05, 3.63) is 30.3 Å². The maximum absolute atomic E-state index is 11.9. The van der Waals surface area contributed by atoms with Gasteiger partial charge in [-0.05, 0) is 31.9 Å². The van der Waals surface area contributed by atoms with Gasteiger partial charge in [-0.25, -0.2) is 0 Å². The number of hydrogen-bond acceptors (Lipinski definition) is 3. The average Bonchev–Trinajstić information content (AvgIpc) is 2.98. The lowest BCUT2D eigenvalue weighted by atomic mass is 10.2. The Labute approximate surface area is 114 Å². The third-order valence-corrected chi connectivity index (χ3v) is 3.62. The summed E-state index contributed by atoms with van der Waals surface area (Å²) in [5, 5.41) is 2.97. The van der Waals surface area contributed by atoms with Crippen LogP contribution in [-0.4, -0.2) is 38.3 Å². The van der Waals surface area contributed by atoms with E-state index in [1.54, 1.807) is 0 Å². The van der Waals surface area contributed by atoms with Crippen LogP contribution in [0, 0.1) is 0 Å². The van der Waals surface area contributed by atoms with Gasteiger partial charge in [-0.2, -0.15) is 0 Å². The van der Waals surface area contributed by atoms with Gasteiger partial charge >= 0.3 is 0 Å². The van der Waals surface area contributed by atoms with Crippen molar-refractivity contribution in [3.8, 4) is 0 Å². The van der Waals surface area contributed by atoms with Gasteiger partial charge in [-0.3, -0.25) is 4.79 Å². The molecule has 1 N–H and O–H groups in total. The van der Waals surface area contributed by atoms with Crippen molar-refractivity contribution in [2.75, 3.05) is 25.1 Å². The van der Waals surface area contributed by atoms with Crippen molar-refractivity contribution in [3.63, 3.8) is 0 Å². The molecular weight excluding hydrogens is 240 g/mol. The van der Waals surface area contributed by atoms with Crippen molar-refractivity contribution in [2.45, 2.75) is 31.9 Å². The minimum atomic E-state index is -0.241. The molecule has 104 valence electrons.